The molecule has 0 aromatic heterocycles. The Kier molecular flexibility index (Phi) is 2.75. The van der Waals surface area contributed by atoms with Gasteiger partial charge in [0.2, 0.25) is 10.0 Å². The van der Waals surface area contributed by atoms with Crippen LogP contribution in [0.4, 0.5) is 0 Å². The van der Waals surface area contributed by atoms with Crippen molar-refractivity contribution in [2.75, 3.05) is 26.9 Å². The van der Waals surface area contributed by atoms with E-state index in [4.69, 9.17) is 0 Å². The molecule has 12 heavy (non-hydrogen) atoms. The van der Waals surface area contributed by atoms with Crippen LogP contribution in [0.3, 0.4) is 0 Å². The zero-order valence-electron chi connectivity index (χ0n) is 7.82. The average Bonchev–Trinajstić information content (AvgIpc) is 2.31. The Hall–Kier alpha value is -0.130. The first-order valence-electron chi connectivity index (χ1n) is 4.06. The van der Waals surface area contributed by atoms with E-state index in [1.807, 2.05) is 7.05 Å². The number of likely N-dealkylation sites (tertiary alicyclic amines) is 1. The summed E-state index contributed by atoms with van der Waals surface area (Å²) in [5.74, 6) is 0. The Labute approximate surface area is 74.2 Å². The van der Waals surface area contributed by atoms with Crippen LogP contribution < -0.4 is 0 Å². The molecule has 1 aliphatic heterocycles. The summed E-state index contributed by atoms with van der Waals surface area (Å²) in [6.45, 7) is 0.991. The smallest absolute Gasteiger partial charge is 0.212 e. The highest BCUT2D eigenvalue weighted by molar-refractivity contribution is 7.88. The minimum Gasteiger partial charge on any atom is -0.290 e. The fourth-order valence-electron chi connectivity index (χ4n) is 1.57. The molecule has 0 aromatic rings. The molecule has 1 aliphatic rings. The summed E-state index contributed by atoms with van der Waals surface area (Å²) in [7, 11) is 0.571. The predicted molar refractivity (Wildman–Crippen MR) is 48.3 cm³/mol. The topological polar surface area (TPSA) is 40.6 Å². The van der Waals surface area contributed by atoms with E-state index in [-0.39, 0.29) is 6.17 Å². The van der Waals surface area contributed by atoms with Crippen LogP contribution in [0.15, 0.2) is 0 Å². The van der Waals surface area contributed by atoms with Crippen molar-refractivity contribution in [2.24, 2.45) is 0 Å². The van der Waals surface area contributed by atoms with Gasteiger partial charge in [-0.15, -0.1) is 0 Å². The standard InChI is InChI=1S/C7H16N2O2S/c1-8-6-4-5-7(8)9(2)12(3,10)11/h7H,4-6H2,1-3H3. The summed E-state index contributed by atoms with van der Waals surface area (Å²) >= 11 is 0. The van der Waals surface area contributed by atoms with E-state index < -0.39 is 10.0 Å². The highest BCUT2D eigenvalue weighted by Crippen LogP contribution is 2.18. The number of rotatable bonds is 2. The summed E-state index contributed by atoms with van der Waals surface area (Å²) in [4.78, 5) is 2.07. The molecule has 1 unspecified atom stereocenters. The number of sulfonamides is 1. The van der Waals surface area contributed by atoms with Gasteiger partial charge in [-0.3, -0.25) is 4.90 Å². The van der Waals surface area contributed by atoms with E-state index >= 15 is 0 Å². The Morgan fingerprint density at radius 2 is 2.08 bits per heavy atom. The molecule has 0 bridgehead atoms. The van der Waals surface area contributed by atoms with Gasteiger partial charge >= 0.3 is 0 Å². The normalized spacial score (nSPS) is 26.8. The Bertz CT molecular complexity index is 250. The van der Waals surface area contributed by atoms with Gasteiger partial charge in [-0.2, -0.15) is 4.31 Å². The van der Waals surface area contributed by atoms with Crippen LogP contribution in [0, 0.1) is 0 Å². The first kappa shape index (κ1) is 9.95. The van der Waals surface area contributed by atoms with Crippen LogP contribution in [-0.4, -0.2) is 50.7 Å². The molecule has 5 heteroatoms. The highest BCUT2D eigenvalue weighted by Gasteiger charge is 2.29. The highest BCUT2D eigenvalue weighted by atomic mass is 32.2. The summed E-state index contributed by atoms with van der Waals surface area (Å²) in [6, 6.07) is 0. The molecule has 1 saturated heterocycles. The summed E-state index contributed by atoms with van der Waals surface area (Å²) in [6.07, 6.45) is 3.35. The van der Waals surface area contributed by atoms with Gasteiger partial charge in [0.1, 0.15) is 0 Å². The molecule has 1 rings (SSSR count). The fourth-order valence-corrected chi connectivity index (χ4v) is 2.28. The Morgan fingerprint density at radius 3 is 2.42 bits per heavy atom. The monoisotopic (exact) mass is 192 g/mol. The lowest BCUT2D eigenvalue weighted by Crippen LogP contribution is -2.43. The number of hydrogen-bond donors (Lipinski definition) is 0. The lowest BCUT2D eigenvalue weighted by Gasteiger charge is -2.27. The first-order chi connectivity index (χ1) is 5.43. The Balaban J connectivity index is 2.70. The van der Waals surface area contributed by atoms with E-state index in [1.54, 1.807) is 7.05 Å². The maximum atomic E-state index is 11.2. The average molecular weight is 192 g/mol. The third-order valence-electron chi connectivity index (χ3n) is 2.42. The quantitative estimate of drug-likeness (QED) is 0.615. The van der Waals surface area contributed by atoms with Gasteiger partial charge in [-0.1, -0.05) is 0 Å². The molecule has 0 N–H and O–H groups in total. The van der Waals surface area contributed by atoms with Crippen molar-refractivity contribution in [3.8, 4) is 0 Å². The molecule has 1 heterocycles. The van der Waals surface area contributed by atoms with E-state index in [0.717, 1.165) is 19.4 Å². The van der Waals surface area contributed by atoms with Gasteiger partial charge in [0.25, 0.3) is 0 Å². The molecule has 72 valence electrons. The van der Waals surface area contributed by atoms with Crippen molar-refractivity contribution >= 4 is 10.0 Å². The number of nitrogens with zero attached hydrogens (tertiary/aromatic N) is 2. The van der Waals surface area contributed by atoms with E-state index in [0.29, 0.717) is 0 Å². The van der Waals surface area contributed by atoms with Crippen LogP contribution in [-0.2, 0) is 10.0 Å². The SMILES string of the molecule is CN1CCCC1N(C)S(C)(=O)=O. The zero-order valence-corrected chi connectivity index (χ0v) is 8.63. The van der Waals surface area contributed by atoms with Crippen LogP contribution in [0.5, 0.6) is 0 Å². The third kappa shape index (κ3) is 1.97. The lowest BCUT2D eigenvalue weighted by molar-refractivity contribution is 0.195. The van der Waals surface area contributed by atoms with Crippen molar-refractivity contribution in [1.29, 1.82) is 0 Å². The van der Waals surface area contributed by atoms with Gasteiger partial charge in [-0.25, -0.2) is 8.42 Å². The van der Waals surface area contributed by atoms with Crippen molar-refractivity contribution < 1.29 is 8.42 Å². The van der Waals surface area contributed by atoms with Crippen molar-refractivity contribution in [1.82, 2.24) is 9.21 Å². The van der Waals surface area contributed by atoms with Crippen molar-refractivity contribution in [2.45, 2.75) is 19.0 Å². The van der Waals surface area contributed by atoms with Gasteiger partial charge in [0, 0.05) is 7.05 Å². The predicted octanol–water partition coefficient (Wildman–Crippen LogP) is -0.0705. The molecular weight excluding hydrogens is 176 g/mol. The van der Waals surface area contributed by atoms with E-state index in [9.17, 15) is 8.42 Å². The van der Waals surface area contributed by atoms with E-state index in [2.05, 4.69) is 4.90 Å². The fraction of sp³-hybridized carbons (Fsp3) is 1.00. The first-order valence-corrected chi connectivity index (χ1v) is 5.91. The second-order valence-electron chi connectivity index (χ2n) is 3.38. The molecule has 0 aliphatic carbocycles. The summed E-state index contributed by atoms with van der Waals surface area (Å²) < 4.78 is 23.8. The molecule has 0 radical (unpaired) electrons. The largest absolute Gasteiger partial charge is 0.290 e. The van der Waals surface area contributed by atoms with Crippen LogP contribution in [0.2, 0.25) is 0 Å². The van der Waals surface area contributed by atoms with Crippen LogP contribution in [0.25, 0.3) is 0 Å². The third-order valence-corrected chi connectivity index (χ3v) is 3.71. The van der Waals surface area contributed by atoms with Crippen LogP contribution in [0.1, 0.15) is 12.8 Å². The molecule has 0 saturated carbocycles. The maximum absolute atomic E-state index is 11.2. The molecule has 1 fully saturated rings. The van der Waals surface area contributed by atoms with Crippen molar-refractivity contribution in [3.05, 3.63) is 0 Å². The molecule has 0 spiro atoms. The van der Waals surface area contributed by atoms with Crippen molar-refractivity contribution in [3.63, 3.8) is 0 Å². The lowest BCUT2D eigenvalue weighted by atomic mass is 10.3. The minimum absolute atomic E-state index is 0.0694. The molecule has 4 nitrogen and oxygen atoms in total. The second-order valence-corrected chi connectivity index (χ2v) is 5.42. The van der Waals surface area contributed by atoms with Gasteiger partial charge in [-0.05, 0) is 26.4 Å². The molecule has 0 amide bonds. The van der Waals surface area contributed by atoms with Gasteiger partial charge in [0.05, 0.1) is 12.4 Å². The second kappa shape index (κ2) is 3.32. The zero-order chi connectivity index (χ0) is 9.35. The van der Waals surface area contributed by atoms with Crippen LogP contribution >= 0.6 is 0 Å². The Morgan fingerprint density at radius 1 is 1.50 bits per heavy atom. The van der Waals surface area contributed by atoms with Gasteiger partial charge in [0.15, 0.2) is 0 Å². The van der Waals surface area contributed by atoms with Gasteiger partial charge < -0.3 is 0 Å². The summed E-state index contributed by atoms with van der Waals surface area (Å²) in [5.41, 5.74) is 0. The molecular formula is C7H16N2O2S. The molecule has 1 atom stereocenters. The summed E-state index contributed by atoms with van der Waals surface area (Å²) in [5, 5.41) is 0. The molecule has 0 aromatic carbocycles. The number of hydrogen-bond acceptors (Lipinski definition) is 3. The maximum Gasteiger partial charge on any atom is 0.212 e. The minimum atomic E-state index is -3.03. The van der Waals surface area contributed by atoms with E-state index in [1.165, 1.54) is 10.6 Å².